The Morgan fingerprint density at radius 2 is 1.73 bits per heavy atom. The fraction of sp³-hybridized carbons (Fsp3) is 0.400. The van der Waals surface area contributed by atoms with Gasteiger partial charge in [0.25, 0.3) is 0 Å². The van der Waals surface area contributed by atoms with E-state index in [1.165, 1.54) is 16.4 Å². The number of halogens is 1. The molecule has 2 aromatic rings. The Morgan fingerprint density at radius 3 is 2.41 bits per heavy atom. The van der Waals surface area contributed by atoms with Gasteiger partial charge in [-0.3, -0.25) is 4.90 Å². The summed E-state index contributed by atoms with van der Waals surface area (Å²) >= 11 is 2.46. The lowest BCUT2D eigenvalue weighted by atomic mass is 9.72. The van der Waals surface area contributed by atoms with Crippen LogP contribution >= 0.6 is 22.6 Å². The van der Waals surface area contributed by atoms with Crippen LogP contribution in [0.5, 0.6) is 0 Å². The summed E-state index contributed by atoms with van der Waals surface area (Å²) in [6.07, 6.45) is 3.87. The van der Waals surface area contributed by atoms with Crippen LogP contribution in [0.1, 0.15) is 55.4 Å². The molecule has 1 saturated carbocycles. The van der Waals surface area contributed by atoms with Crippen LogP contribution in [-0.2, 0) is 11.1 Å². The molecule has 0 spiro atoms. The zero-order chi connectivity index (χ0) is 15.1. The van der Waals surface area contributed by atoms with Crippen molar-refractivity contribution in [2.24, 2.45) is 0 Å². The highest BCUT2D eigenvalue weighted by molar-refractivity contribution is 14.1. The number of rotatable bonds is 2. The van der Waals surface area contributed by atoms with Crippen LogP contribution < -0.4 is 0 Å². The summed E-state index contributed by atoms with van der Waals surface area (Å²) in [4.78, 5) is 2.87. The minimum atomic E-state index is 0.0598. The van der Waals surface area contributed by atoms with Gasteiger partial charge in [-0.25, -0.2) is 0 Å². The maximum atomic E-state index is 2.87. The first-order chi connectivity index (χ1) is 10.6. The van der Waals surface area contributed by atoms with Gasteiger partial charge in [0, 0.05) is 9.61 Å². The molecule has 2 heteroatoms. The van der Waals surface area contributed by atoms with Crippen LogP contribution in [-0.4, -0.2) is 10.9 Å². The highest BCUT2D eigenvalue weighted by Crippen LogP contribution is 2.67. The van der Waals surface area contributed by atoms with Crippen LogP contribution in [0.4, 0.5) is 0 Å². The highest BCUT2D eigenvalue weighted by atomic mass is 127. The third kappa shape index (κ3) is 1.32. The van der Waals surface area contributed by atoms with Crippen LogP contribution in [0.3, 0.4) is 0 Å². The summed E-state index contributed by atoms with van der Waals surface area (Å²) in [5.41, 5.74) is 6.37. The molecule has 5 rings (SSSR count). The maximum Gasteiger partial charge on any atom is 0.0732 e. The molecule has 2 aliphatic heterocycles. The number of nitrogens with zero attached hydrogens (tertiary/aromatic N) is 1. The fourth-order valence-electron chi connectivity index (χ4n) is 5.30. The van der Waals surface area contributed by atoms with Gasteiger partial charge in [0.2, 0.25) is 0 Å². The van der Waals surface area contributed by atoms with Gasteiger partial charge in [0.05, 0.1) is 11.1 Å². The second kappa shape index (κ2) is 4.15. The average molecular weight is 401 g/mol. The Hall–Kier alpha value is -0.870. The summed E-state index contributed by atoms with van der Waals surface area (Å²) in [7, 11) is 0. The average Bonchev–Trinajstić information content (AvgIpc) is 3.30. The van der Waals surface area contributed by atoms with Crippen molar-refractivity contribution in [2.45, 2.75) is 50.2 Å². The van der Waals surface area contributed by atoms with Crippen molar-refractivity contribution in [3.8, 4) is 0 Å². The van der Waals surface area contributed by atoms with Crippen molar-refractivity contribution in [1.82, 2.24) is 4.90 Å². The van der Waals surface area contributed by atoms with Gasteiger partial charge in [0.1, 0.15) is 0 Å². The monoisotopic (exact) mass is 401 g/mol. The van der Waals surface area contributed by atoms with E-state index in [1.54, 1.807) is 22.3 Å². The standard InChI is InChI=1S/C20H20IN/c1-3-20-16-7-5-4-6-15(16)19(2,22(20)14-9-10-14)18-12-13(21)8-11-17(18)20/h4-8,11-12,14H,3,9-10H2,1-2H3. The van der Waals surface area contributed by atoms with Crippen LogP contribution in [0.25, 0.3) is 0 Å². The van der Waals surface area contributed by atoms with Gasteiger partial charge in [-0.15, -0.1) is 0 Å². The van der Waals surface area contributed by atoms with Crippen molar-refractivity contribution < 1.29 is 0 Å². The van der Waals surface area contributed by atoms with Crippen molar-refractivity contribution in [3.63, 3.8) is 0 Å². The smallest absolute Gasteiger partial charge is 0.0732 e. The van der Waals surface area contributed by atoms with Crippen molar-refractivity contribution in [2.75, 3.05) is 0 Å². The minimum Gasteiger partial charge on any atom is -0.273 e. The van der Waals surface area contributed by atoms with Gasteiger partial charge >= 0.3 is 0 Å². The Morgan fingerprint density at radius 1 is 1.05 bits per heavy atom. The Labute approximate surface area is 145 Å². The molecule has 0 saturated heterocycles. The van der Waals surface area contributed by atoms with Gasteiger partial charge < -0.3 is 0 Å². The van der Waals surface area contributed by atoms with Gasteiger partial charge in [-0.1, -0.05) is 37.3 Å². The normalized spacial score (nSPS) is 32.1. The van der Waals surface area contributed by atoms with E-state index in [0.29, 0.717) is 0 Å². The van der Waals surface area contributed by atoms with E-state index in [0.717, 1.165) is 12.5 Å². The van der Waals surface area contributed by atoms with E-state index in [2.05, 4.69) is 83.8 Å². The number of hydrogen-bond donors (Lipinski definition) is 0. The predicted molar refractivity (Wildman–Crippen MR) is 98.0 cm³/mol. The predicted octanol–water partition coefficient (Wildman–Crippen LogP) is 5.00. The van der Waals surface area contributed by atoms with Crippen LogP contribution in [0.15, 0.2) is 42.5 Å². The van der Waals surface area contributed by atoms with E-state index in [1.807, 2.05) is 0 Å². The maximum absolute atomic E-state index is 2.87. The Bertz CT molecular complexity index is 794. The van der Waals surface area contributed by atoms with Crippen molar-refractivity contribution >= 4 is 22.6 Å². The van der Waals surface area contributed by atoms with E-state index in [4.69, 9.17) is 0 Å². The first-order valence-corrected chi connectivity index (χ1v) is 9.42. The molecule has 3 aliphatic rings. The summed E-state index contributed by atoms with van der Waals surface area (Å²) in [5.74, 6) is 0. The Kier molecular flexibility index (Phi) is 2.56. The lowest BCUT2D eigenvalue weighted by Crippen LogP contribution is -2.45. The molecular formula is C20H20IN. The second-order valence-electron chi connectivity index (χ2n) is 7.12. The molecular weight excluding hydrogens is 381 g/mol. The topological polar surface area (TPSA) is 3.24 Å². The summed E-state index contributed by atoms with van der Waals surface area (Å²) < 4.78 is 1.35. The summed E-state index contributed by atoms with van der Waals surface area (Å²) in [6.45, 7) is 4.83. The third-order valence-corrected chi connectivity index (χ3v) is 6.84. The van der Waals surface area contributed by atoms with Gasteiger partial charge in [-0.05, 0) is 83.2 Å². The van der Waals surface area contributed by atoms with Crippen molar-refractivity contribution in [3.05, 3.63) is 68.3 Å². The number of hydrogen-bond acceptors (Lipinski definition) is 1. The molecule has 0 N–H and O–H groups in total. The number of fused-ring (bicyclic) bond motifs is 8. The van der Waals surface area contributed by atoms with E-state index < -0.39 is 0 Å². The first kappa shape index (κ1) is 13.6. The minimum absolute atomic E-state index is 0.0598. The fourth-order valence-corrected chi connectivity index (χ4v) is 5.79. The molecule has 2 bridgehead atoms. The van der Waals surface area contributed by atoms with Gasteiger partial charge in [0.15, 0.2) is 0 Å². The first-order valence-electron chi connectivity index (χ1n) is 8.34. The molecule has 112 valence electrons. The molecule has 0 aromatic heterocycles. The zero-order valence-corrected chi connectivity index (χ0v) is 15.2. The molecule has 0 radical (unpaired) electrons. The molecule has 1 aliphatic carbocycles. The lowest BCUT2D eigenvalue weighted by Gasteiger charge is -2.39. The molecule has 0 amide bonds. The largest absolute Gasteiger partial charge is 0.273 e. The molecule has 2 heterocycles. The van der Waals surface area contributed by atoms with Gasteiger partial charge in [-0.2, -0.15) is 0 Å². The quantitative estimate of drug-likeness (QED) is 0.641. The van der Waals surface area contributed by atoms with E-state index in [9.17, 15) is 0 Å². The molecule has 1 fully saturated rings. The van der Waals surface area contributed by atoms with Crippen molar-refractivity contribution in [1.29, 1.82) is 0 Å². The molecule has 22 heavy (non-hydrogen) atoms. The molecule has 1 nitrogen and oxygen atoms in total. The lowest BCUT2D eigenvalue weighted by molar-refractivity contribution is 0.0727. The van der Waals surface area contributed by atoms with E-state index in [-0.39, 0.29) is 11.1 Å². The molecule has 2 unspecified atom stereocenters. The zero-order valence-electron chi connectivity index (χ0n) is 13.1. The molecule has 2 atom stereocenters. The molecule has 2 aromatic carbocycles. The number of benzene rings is 2. The third-order valence-electron chi connectivity index (χ3n) is 6.17. The van der Waals surface area contributed by atoms with E-state index >= 15 is 0 Å². The SMILES string of the molecule is CCC12c3ccccc3C(C)(c3cc(I)ccc31)N2C1CC1. The van der Waals surface area contributed by atoms with Crippen LogP contribution in [0, 0.1) is 3.57 Å². The highest BCUT2D eigenvalue weighted by Gasteiger charge is 2.66. The summed E-state index contributed by atoms with van der Waals surface area (Å²) in [5, 5.41) is 0. The summed E-state index contributed by atoms with van der Waals surface area (Å²) in [6, 6.07) is 17.0. The Balaban J connectivity index is 1.92. The van der Waals surface area contributed by atoms with Crippen LogP contribution in [0.2, 0.25) is 0 Å². The second-order valence-corrected chi connectivity index (χ2v) is 8.37.